The molecule has 1 amide bonds. The van der Waals surface area contributed by atoms with Gasteiger partial charge in [-0.05, 0) is 79.6 Å². The second kappa shape index (κ2) is 16.7. The summed E-state index contributed by atoms with van der Waals surface area (Å²) < 4.78 is 10.7. The minimum absolute atomic E-state index is 0.0844. The Labute approximate surface area is 241 Å². The summed E-state index contributed by atoms with van der Waals surface area (Å²) in [5.41, 5.74) is 5.34. The highest BCUT2D eigenvalue weighted by atomic mass is 16.5. The average Bonchev–Trinajstić information content (AvgIpc) is 2.98. The first-order valence-corrected chi connectivity index (χ1v) is 14.0. The molecule has 41 heavy (non-hydrogen) atoms. The van der Waals surface area contributed by atoms with Crippen molar-refractivity contribution < 1.29 is 29.0 Å². The molecule has 8 heteroatoms. The molecule has 216 valence electrons. The lowest BCUT2D eigenvalue weighted by molar-refractivity contribution is -0.149. The summed E-state index contributed by atoms with van der Waals surface area (Å²) in [6, 6.07) is 20.1. The first-order chi connectivity index (χ1) is 19.9. The number of esters is 1. The van der Waals surface area contributed by atoms with Crippen molar-refractivity contribution in [3.63, 3.8) is 0 Å². The third kappa shape index (κ3) is 11.0. The summed E-state index contributed by atoms with van der Waals surface area (Å²) in [4.78, 5) is 40.5. The number of aliphatic carboxylic acids is 1. The number of unbranched alkanes of at least 4 members (excludes halogenated alkanes) is 1. The van der Waals surface area contributed by atoms with Crippen molar-refractivity contribution in [1.29, 1.82) is 0 Å². The molecule has 0 aliphatic carbocycles. The lowest BCUT2D eigenvalue weighted by Crippen LogP contribution is -2.43. The standard InChI is InChI=1S/C33H38N2O6/c1-3-24-14-16-25(17-15-24)9-5-6-20-40-23-29-13-8-12-28(34-29)19-18-26-10-7-11-27(21-26)32(38)35-30(22-31(36)37)33(39)41-4-2/h7-8,10-19,21,30H,3-6,9,20,22-23H2,1-2H3,(H,35,38)(H,36,37)/b19-18+/t30-/m0/s1. The molecule has 1 atom stereocenters. The highest BCUT2D eigenvalue weighted by Crippen LogP contribution is 2.12. The van der Waals surface area contributed by atoms with E-state index in [9.17, 15) is 14.4 Å². The van der Waals surface area contributed by atoms with Crippen molar-refractivity contribution >= 4 is 30.0 Å². The predicted molar refractivity (Wildman–Crippen MR) is 158 cm³/mol. The molecule has 2 aromatic carbocycles. The number of carbonyl (C=O) groups excluding carboxylic acids is 2. The second-order valence-corrected chi connectivity index (χ2v) is 9.57. The van der Waals surface area contributed by atoms with Crippen LogP contribution >= 0.6 is 0 Å². The molecule has 3 rings (SSSR count). The number of amides is 1. The number of carboxylic acid groups (broad SMARTS) is 1. The average molecular weight is 559 g/mol. The van der Waals surface area contributed by atoms with Gasteiger partial charge in [0.05, 0.1) is 31.0 Å². The molecule has 0 fully saturated rings. The molecule has 0 saturated carbocycles. The van der Waals surface area contributed by atoms with E-state index >= 15 is 0 Å². The molecule has 0 bridgehead atoms. The van der Waals surface area contributed by atoms with Gasteiger partial charge in [-0.25, -0.2) is 4.79 Å². The molecule has 0 radical (unpaired) electrons. The molecular formula is C33H38N2O6. The van der Waals surface area contributed by atoms with Crippen LogP contribution in [0.4, 0.5) is 0 Å². The van der Waals surface area contributed by atoms with Gasteiger partial charge in [0.1, 0.15) is 6.04 Å². The van der Waals surface area contributed by atoms with E-state index in [1.54, 1.807) is 25.1 Å². The van der Waals surface area contributed by atoms with E-state index < -0.39 is 30.3 Å². The van der Waals surface area contributed by atoms with E-state index in [1.807, 2.05) is 36.4 Å². The lowest BCUT2D eigenvalue weighted by Gasteiger charge is -2.15. The molecule has 8 nitrogen and oxygen atoms in total. The highest BCUT2D eigenvalue weighted by Gasteiger charge is 2.25. The number of nitrogens with one attached hydrogen (secondary N) is 1. The number of benzene rings is 2. The van der Waals surface area contributed by atoms with Gasteiger partial charge in [0, 0.05) is 12.2 Å². The Morgan fingerprint density at radius 3 is 2.44 bits per heavy atom. The van der Waals surface area contributed by atoms with Gasteiger partial charge in [0.2, 0.25) is 0 Å². The quantitative estimate of drug-likeness (QED) is 0.176. The van der Waals surface area contributed by atoms with Crippen molar-refractivity contribution in [3.8, 4) is 0 Å². The minimum atomic E-state index is -1.27. The van der Waals surface area contributed by atoms with Gasteiger partial charge in [-0.2, -0.15) is 0 Å². The fourth-order valence-corrected chi connectivity index (χ4v) is 4.14. The number of rotatable bonds is 16. The molecule has 2 N–H and O–H groups in total. The van der Waals surface area contributed by atoms with Crippen molar-refractivity contribution in [2.24, 2.45) is 0 Å². The zero-order chi connectivity index (χ0) is 29.5. The largest absolute Gasteiger partial charge is 0.481 e. The van der Waals surface area contributed by atoms with Crippen LogP contribution in [0.5, 0.6) is 0 Å². The van der Waals surface area contributed by atoms with Crippen LogP contribution in [0.3, 0.4) is 0 Å². The number of ether oxygens (including phenoxy) is 2. The molecule has 0 unspecified atom stereocenters. The number of aromatic nitrogens is 1. The van der Waals surface area contributed by atoms with E-state index in [-0.39, 0.29) is 6.61 Å². The summed E-state index contributed by atoms with van der Waals surface area (Å²) in [6.07, 6.45) is 7.26. The van der Waals surface area contributed by atoms with Gasteiger partial charge < -0.3 is 19.9 Å². The molecule has 3 aromatic rings. The summed E-state index contributed by atoms with van der Waals surface area (Å²) >= 11 is 0. The number of nitrogens with zero attached hydrogens (tertiary/aromatic N) is 1. The van der Waals surface area contributed by atoms with Crippen LogP contribution in [-0.2, 0) is 38.5 Å². The summed E-state index contributed by atoms with van der Waals surface area (Å²) in [5.74, 6) is -2.56. The Balaban J connectivity index is 1.49. The van der Waals surface area contributed by atoms with E-state index in [4.69, 9.17) is 14.6 Å². The van der Waals surface area contributed by atoms with Gasteiger partial charge in [-0.3, -0.25) is 14.6 Å². The Kier molecular flexibility index (Phi) is 12.7. The first kappa shape index (κ1) is 31.2. The highest BCUT2D eigenvalue weighted by molar-refractivity contribution is 5.98. The smallest absolute Gasteiger partial charge is 0.329 e. The second-order valence-electron chi connectivity index (χ2n) is 9.57. The number of carboxylic acids is 1. The van der Waals surface area contributed by atoms with E-state index in [0.29, 0.717) is 18.8 Å². The predicted octanol–water partition coefficient (Wildman–Crippen LogP) is 5.49. The van der Waals surface area contributed by atoms with E-state index in [2.05, 4.69) is 41.5 Å². The SMILES string of the molecule is CCOC(=O)[C@H](CC(=O)O)NC(=O)c1cccc(/C=C/c2cccc(COCCCCc3ccc(CC)cc3)n2)c1. The molecule has 0 aliphatic rings. The third-order valence-corrected chi connectivity index (χ3v) is 6.36. The maximum atomic E-state index is 12.7. The Bertz CT molecular complexity index is 1320. The number of pyridine rings is 1. The minimum Gasteiger partial charge on any atom is -0.481 e. The Morgan fingerprint density at radius 1 is 0.951 bits per heavy atom. The zero-order valence-corrected chi connectivity index (χ0v) is 23.7. The normalized spacial score (nSPS) is 11.8. The van der Waals surface area contributed by atoms with Crippen molar-refractivity contribution in [2.45, 2.75) is 58.6 Å². The van der Waals surface area contributed by atoms with Crippen molar-refractivity contribution in [2.75, 3.05) is 13.2 Å². The Hall–Kier alpha value is -4.30. The molecule has 0 saturated heterocycles. The van der Waals surface area contributed by atoms with Crippen LogP contribution < -0.4 is 5.32 Å². The molecular weight excluding hydrogens is 520 g/mol. The monoisotopic (exact) mass is 558 g/mol. The van der Waals surface area contributed by atoms with Gasteiger partial charge >= 0.3 is 11.9 Å². The topological polar surface area (TPSA) is 115 Å². The number of aryl methyl sites for hydroxylation is 2. The maximum Gasteiger partial charge on any atom is 0.329 e. The Morgan fingerprint density at radius 2 is 1.71 bits per heavy atom. The summed E-state index contributed by atoms with van der Waals surface area (Å²) in [6.45, 7) is 4.96. The number of hydrogen-bond donors (Lipinski definition) is 2. The van der Waals surface area contributed by atoms with Crippen molar-refractivity contribution in [3.05, 3.63) is 100 Å². The van der Waals surface area contributed by atoms with Crippen LogP contribution in [0.25, 0.3) is 12.2 Å². The first-order valence-electron chi connectivity index (χ1n) is 14.0. The van der Waals surface area contributed by atoms with Crippen LogP contribution in [0.2, 0.25) is 0 Å². The number of carbonyl (C=O) groups is 3. The van der Waals surface area contributed by atoms with Gasteiger partial charge in [-0.15, -0.1) is 0 Å². The van der Waals surface area contributed by atoms with Crippen molar-refractivity contribution in [1.82, 2.24) is 10.3 Å². The van der Waals surface area contributed by atoms with Crippen LogP contribution in [0.1, 0.15) is 71.5 Å². The number of hydrogen-bond acceptors (Lipinski definition) is 6. The van der Waals surface area contributed by atoms with Crippen LogP contribution in [0, 0.1) is 0 Å². The van der Waals surface area contributed by atoms with E-state index in [0.717, 1.165) is 42.6 Å². The lowest BCUT2D eigenvalue weighted by atomic mass is 10.1. The fourth-order valence-electron chi connectivity index (χ4n) is 4.14. The molecule has 1 heterocycles. The maximum absolute atomic E-state index is 12.7. The summed E-state index contributed by atoms with van der Waals surface area (Å²) in [7, 11) is 0. The molecule has 0 spiro atoms. The van der Waals surface area contributed by atoms with Crippen LogP contribution in [-0.4, -0.2) is 47.2 Å². The summed E-state index contributed by atoms with van der Waals surface area (Å²) in [5, 5.41) is 11.5. The molecule has 0 aliphatic heterocycles. The van der Waals surface area contributed by atoms with Gasteiger partial charge in [0.25, 0.3) is 5.91 Å². The van der Waals surface area contributed by atoms with Gasteiger partial charge in [0.15, 0.2) is 0 Å². The third-order valence-electron chi connectivity index (χ3n) is 6.36. The van der Waals surface area contributed by atoms with Crippen LogP contribution in [0.15, 0.2) is 66.7 Å². The zero-order valence-electron chi connectivity index (χ0n) is 23.7. The van der Waals surface area contributed by atoms with E-state index in [1.165, 1.54) is 11.1 Å². The fraction of sp³-hybridized carbons (Fsp3) is 0.333. The van der Waals surface area contributed by atoms with Gasteiger partial charge in [-0.1, -0.05) is 55.5 Å². The molecule has 1 aromatic heterocycles.